The number of nitrogens with two attached hydrogens (primary N) is 1. The molecule has 1 aliphatic heterocycles. The number of nitrogens with zero attached hydrogens (tertiary/aromatic N) is 1. The van der Waals surface area contributed by atoms with E-state index < -0.39 is 0 Å². The molecule has 1 aliphatic rings. The molecule has 1 atom stereocenters. The summed E-state index contributed by atoms with van der Waals surface area (Å²) < 4.78 is 1.07. The molecule has 0 saturated heterocycles. The third kappa shape index (κ3) is 1.92. The summed E-state index contributed by atoms with van der Waals surface area (Å²) in [6, 6.07) is 5.92. The van der Waals surface area contributed by atoms with Crippen LogP contribution in [0.2, 0.25) is 0 Å². The maximum atomic E-state index is 11.3. The van der Waals surface area contributed by atoms with Gasteiger partial charge in [-0.1, -0.05) is 28.1 Å². The molecule has 0 aromatic heterocycles. The van der Waals surface area contributed by atoms with E-state index in [0.717, 1.165) is 11.0 Å². The number of fused-ring (bicyclic) bond motifs is 1. The van der Waals surface area contributed by atoms with Crippen molar-refractivity contribution in [1.82, 2.24) is 4.90 Å². The molecule has 15 heavy (non-hydrogen) atoms. The quantitative estimate of drug-likeness (QED) is 0.835. The monoisotopic (exact) mass is 268 g/mol. The predicted octanol–water partition coefficient (Wildman–Crippen LogP) is 1.29. The van der Waals surface area contributed by atoms with E-state index in [1.54, 1.807) is 0 Å². The highest BCUT2D eigenvalue weighted by Gasteiger charge is 2.28. The van der Waals surface area contributed by atoms with Gasteiger partial charge >= 0.3 is 0 Å². The second-order valence-corrected chi connectivity index (χ2v) is 4.77. The highest BCUT2D eigenvalue weighted by atomic mass is 79.9. The smallest absolute Gasteiger partial charge is 0.235 e. The molecule has 1 aromatic carbocycles. The van der Waals surface area contributed by atoms with Crippen molar-refractivity contribution in [2.45, 2.75) is 19.0 Å². The number of hydrogen-bond donors (Lipinski definition) is 1. The van der Waals surface area contributed by atoms with E-state index >= 15 is 0 Å². The topological polar surface area (TPSA) is 46.3 Å². The molecule has 0 spiro atoms. The van der Waals surface area contributed by atoms with Gasteiger partial charge in [0.1, 0.15) is 0 Å². The number of carbonyl (C=O) groups is 1. The first kappa shape index (κ1) is 10.6. The average molecular weight is 269 g/mol. The first-order valence-corrected chi connectivity index (χ1v) is 5.64. The molecular weight excluding hydrogens is 256 g/mol. The van der Waals surface area contributed by atoms with E-state index in [9.17, 15) is 4.79 Å². The summed E-state index contributed by atoms with van der Waals surface area (Å²) in [7, 11) is 1.93. The van der Waals surface area contributed by atoms with Gasteiger partial charge in [-0.3, -0.25) is 9.69 Å². The second kappa shape index (κ2) is 3.94. The minimum absolute atomic E-state index is 0.184. The Balaban J connectivity index is 2.39. The van der Waals surface area contributed by atoms with E-state index in [1.807, 2.05) is 24.1 Å². The molecule has 0 bridgehead atoms. The van der Waals surface area contributed by atoms with Crippen LogP contribution >= 0.6 is 15.9 Å². The Kier molecular flexibility index (Phi) is 2.80. The average Bonchev–Trinajstić information content (AvgIpc) is 2.16. The van der Waals surface area contributed by atoms with Gasteiger partial charge in [0.05, 0.1) is 6.04 Å². The summed E-state index contributed by atoms with van der Waals surface area (Å²) in [6.45, 7) is 0.780. The highest BCUT2D eigenvalue weighted by Crippen LogP contribution is 2.28. The van der Waals surface area contributed by atoms with Crippen LogP contribution in [0.3, 0.4) is 0 Å². The fourth-order valence-corrected chi connectivity index (χ4v) is 2.60. The van der Waals surface area contributed by atoms with Crippen LogP contribution in [0, 0.1) is 0 Å². The van der Waals surface area contributed by atoms with Crippen LogP contribution in [0.15, 0.2) is 22.7 Å². The molecule has 0 radical (unpaired) electrons. The lowest BCUT2D eigenvalue weighted by Gasteiger charge is -2.32. The van der Waals surface area contributed by atoms with Crippen molar-refractivity contribution in [3.63, 3.8) is 0 Å². The molecule has 0 saturated carbocycles. The lowest BCUT2D eigenvalue weighted by molar-refractivity contribution is -0.123. The zero-order valence-electron chi connectivity index (χ0n) is 8.53. The molecule has 2 rings (SSSR count). The van der Waals surface area contributed by atoms with Crippen molar-refractivity contribution in [2.75, 3.05) is 7.05 Å². The van der Waals surface area contributed by atoms with Gasteiger partial charge < -0.3 is 5.73 Å². The lowest BCUT2D eigenvalue weighted by Crippen LogP contribution is -2.46. The second-order valence-electron chi connectivity index (χ2n) is 3.91. The number of primary amides is 1. The molecule has 3 nitrogen and oxygen atoms in total. The molecule has 0 aliphatic carbocycles. The maximum Gasteiger partial charge on any atom is 0.235 e. The van der Waals surface area contributed by atoms with Crippen molar-refractivity contribution in [3.05, 3.63) is 33.8 Å². The van der Waals surface area contributed by atoms with E-state index in [0.29, 0.717) is 6.42 Å². The Morgan fingerprint density at radius 2 is 2.33 bits per heavy atom. The summed E-state index contributed by atoms with van der Waals surface area (Å²) >= 11 is 3.51. The fourth-order valence-electron chi connectivity index (χ4n) is 2.03. The normalized spacial score (nSPS) is 21.1. The van der Waals surface area contributed by atoms with Gasteiger partial charge in [0.15, 0.2) is 0 Å². The van der Waals surface area contributed by atoms with Gasteiger partial charge in [-0.25, -0.2) is 0 Å². The fraction of sp³-hybridized carbons (Fsp3) is 0.364. The van der Waals surface area contributed by atoms with Crippen LogP contribution in [0.1, 0.15) is 11.1 Å². The number of benzene rings is 1. The summed E-state index contributed by atoms with van der Waals surface area (Å²) in [5, 5.41) is 0. The zero-order chi connectivity index (χ0) is 11.0. The van der Waals surface area contributed by atoms with Crippen LogP contribution in [0.5, 0.6) is 0 Å². The highest BCUT2D eigenvalue weighted by molar-refractivity contribution is 9.10. The molecule has 2 N–H and O–H groups in total. The van der Waals surface area contributed by atoms with Crippen molar-refractivity contribution < 1.29 is 4.79 Å². The minimum Gasteiger partial charge on any atom is -0.368 e. The summed E-state index contributed by atoms with van der Waals surface area (Å²) in [4.78, 5) is 13.2. The van der Waals surface area contributed by atoms with E-state index in [4.69, 9.17) is 5.73 Å². The summed E-state index contributed by atoms with van der Waals surface area (Å²) in [5.41, 5.74) is 7.84. The number of halogens is 1. The SMILES string of the molecule is CN1Cc2cccc(Br)c2C[C@@H]1C(N)=O. The Morgan fingerprint density at radius 3 is 3.00 bits per heavy atom. The molecule has 4 heteroatoms. The Bertz CT molecular complexity index is 406. The van der Waals surface area contributed by atoms with Crippen LogP contribution in [-0.4, -0.2) is 23.9 Å². The first-order chi connectivity index (χ1) is 7.09. The van der Waals surface area contributed by atoms with Crippen LogP contribution in [0.25, 0.3) is 0 Å². The third-order valence-corrected chi connectivity index (χ3v) is 3.64. The molecular formula is C11H13BrN2O. The minimum atomic E-state index is -0.251. The predicted molar refractivity (Wildman–Crippen MR) is 62.3 cm³/mol. The Morgan fingerprint density at radius 1 is 1.60 bits per heavy atom. The van der Waals surface area contributed by atoms with Gasteiger partial charge in [-0.15, -0.1) is 0 Å². The number of carbonyl (C=O) groups excluding carboxylic acids is 1. The summed E-state index contributed by atoms with van der Waals surface area (Å²) in [6.07, 6.45) is 0.697. The van der Waals surface area contributed by atoms with Gasteiger partial charge in [0.25, 0.3) is 0 Å². The number of amides is 1. The first-order valence-electron chi connectivity index (χ1n) is 4.85. The van der Waals surface area contributed by atoms with E-state index in [2.05, 4.69) is 22.0 Å². The molecule has 1 aromatic rings. The van der Waals surface area contributed by atoms with Crippen LogP contribution in [-0.2, 0) is 17.8 Å². The van der Waals surface area contributed by atoms with Crippen molar-refractivity contribution in [2.24, 2.45) is 5.73 Å². The maximum absolute atomic E-state index is 11.3. The van der Waals surface area contributed by atoms with Gasteiger partial charge in [-0.05, 0) is 30.7 Å². The van der Waals surface area contributed by atoms with Crippen molar-refractivity contribution >= 4 is 21.8 Å². The van der Waals surface area contributed by atoms with E-state index in [1.165, 1.54) is 11.1 Å². The Labute approximate surface area is 97.4 Å². The van der Waals surface area contributed by atoms with Crippen molar-refractivity contribution in [3.8, 4) is 0 Å². The third-order valence-electron chi connectivity index (χ3n) is 2.89. The zero-order valence-corrected chi connectivity index (χ0v) is 10.1. The number of rotatable bonds is 1. The molecule has 0 fully saturated rings. The summed E-state index contributed by atoms with van der Waals surface area (Å²) in [5.74, 6) is -0.251. The number of hydrogen-bond acceptors (Lipinski definition) is 2. The molecule has 1 heterocycles. The van der Waals surface area contributed by atoms with Crippen LogP contribution < -0.4 is 5.73 Å². The molecule has 80 valence electrons. The Hall–Kier alpha value is -0.870. The van der Waals surface area contributed by atoms with Gasteiger partial charge in [0, 0.05) is 11.0 Å². The van der Waals surface area contributed by atoms with Gasteiger partial charge in [-0.2, -0.15) is 0 Å². The van der Waals surface area contributed by atoms with E-state index in [-0.39, 0.29) is 11.9 Å². The van der Waals surface area contributed by atoms with Crippen molar-refractivity contribution in [1.29, 1.82) is 0 Å². The lowest BCUT2D eigenvalue weighted by atomic mass is 9.94. The molecule has 0 unspecified atom stereocenters. The number of likely N-dealkylation sites (N-methyl/N-ethyl adjacent to an activating group) is 1. The van der Waals surface area contributed by atoms with Gasteiger partial charge in [0.2, 0.25) is 5.91 Å². The standard InChI is InChI=1S/C11H13BrN2O/c1-14-6-7-3-2-4-9(12)8(7)5-10(14)11(13)15/h2-4,10H,5-6H2,1H3,(H2,13,15)/t10-/m1/s1. The van der Waals surface area contributed by atoms with Crippen LogP contribution in [0.4, 0.5) is 0 Å². The largest absolute Gasteiger partial charge is 0.368 e. The molecule has 1 amide bonds.